The number of hydrogen-bond donors (Lipinski definition) is 1. The molecule has 0 aromatic heterocycles. The SMILES string of the molecule is Cc1cccc(CN2CCC(C(=O)N[C@@H]3CCCc4ccccc43)CC2)c1. The number of carbonyl (C=O) groups is 1. The van der Waals surface area contributed by atoms with Crippen LogP contribution in [-0.4, -0.2) is 23.9 Å². The second kappa shape index (κ2) is 8.26. The van der Waals surface area contributed by atoms with Crippen molar-refractivity contribution in [1.82, 2.24) is 10.2 Å². The Morgan fingerprint density at radius 1 is 1.07 bits per heavy atom. The van der Waals surface area contributed by atoms with E-state index in [0.717, 1.165) is 51.7 Å². The average molecular weight is 363 g/mol. The molecule has 1 atom stereocenters. The van der Waals surface area contributed by atoms with Gasteiger partial charge in [-0.15, -0.1) is 0 Å². The van der Waals surface area contributed by atoms with Gasteiger partial charge in [0, 0.05) is 12.5 Å². The van der Waals surface area contributed by atoms with Crippen molar-refractivity contribution < 1.29 is 4.79 Å². The number of aryl methyl sites for hydroxylation is 2. The molecule has 0 saturated carbocycles. The van der Waals surface area contributed by atoms with Gasteiger partial charge in [-0.3, -0.25) is 9.69 Å². The molecule has 0 spiro atoms. The average Bonchev–Trinajstić information content (AvgIpc) is 2.69. The van der Waals surface area contributed by atoms with Crippen molar-refractivity contribution in [2.45, 2.75) is 51.6 Å². The van der Waals surface area contributed by atoms with Crippen molar-refractivity contribution in [3.63, 3.8) is 0 Å². The molecule has 2 aromatic rings. The molecular formula is C24H30N2O. The van der Waals surface area contributed by atoms with E-state index in [4.69, 9.17) is 0 Å². The minimum absolute atomic E-state index is 0.160. The molecule has 1 N–H and O–H groups in total. The monoisotopic (exact) mass is 362 g/mol. The lowest BCUT2D eigenvalue weighted by Crippen LogP contribution is -2.41. The number of benzene rings is 2. The molecule has 142 valence electrons. The lowest BCUT2D eigenvalue weighted by atomic mass is 9.87. The molecular weight excluding hydrogens is 332 g/mol. The first-order valence-electron chi connectivity index (χ1n) is 10.3. The summed E-state index contributed by atoms with van der Waals surface area (Å²) in [6.07, 6.45) is 5.30. The summed E-state index contributed by atoms with van der Waals surface area (Å²) < 4.78 is 0. The smallest absolute Gasteiger partial charge is 0.223 e. The van der Waals surface area contributed by atoms with Gasteiger partial charge in [-0.2, -0.15) is 0 Å². The fourth-order valence-electron chi connectivity index (χ4n) is 4.62. The molecule has 3 heteroatoms. The number of nitrogens with one attached hydrogen (secondary N) is 1. The number of fused-ring (bicyclic) bond motifs is 1. The van der Waals surface area contributed by atoms with E-state index < -0.39 is 0 Å². The summed E-state index contributed by atoms with van der Waals surface area (Å²) in [5.74, 6) is 0.416. The van der Waals surface area contributed by atoms with E-state index in [2.05, 4.69) is 65.7 Å². The zero-order valence-electron chi connectivity index (χ0n) is 16.3. The first-order chi connectivity index (χ1) is 13.2. The lowest BCUT2D eigenvalue weighted by molar-refractivity contribution is -0.127. The number of piperidine rings is 1. The van der Waals surface area contributed by atoms with E-state index in [9.17, 15) is 4.79 Å². The second-order valence-corrected chi connectivity index (χ2v) is 8.19. The number of nitrogens with zero attached hydrogens (tertiary/aromatic N) is 1. The van der Waals surface area contributed by atoms with E-state index in [1.807, 2.05) is 0 Å². The van der Waals surface area contributed by atoms with Gasteiger partial charge in [-0.05, 0) is 68.8 Å². The molecule has 3 nitrogen and oxygen atoms in total. The molecule has 2 aromatic carbocycles. The Bertz CT molecular complexity index is 792. The summed E-state index contributed by atoms with van der Waals surface area (Å²) >= 11 is 0. The highest BCUT2D eigenvalue weighted by Gasteiger charge is 2.28. The number of carbonyl (C=O) groups excluding carboxylic acids is 1. The zero-order chi connectivity index (χ0) is 18.6. The van der Waals surface area contributed by atoms with Crippen LogP contribution in [0.5, 0.6) is 0 Å². The third-order valence-electron chi connectivity index (χ3n) is 6.13. The third-order valence-corrected chi connectivity index (χ3v) is 6.13. The maximum atomic E-state index is 12.9. The molecule has 1 aliphatic heterocycles. The van der Waals surface area contributed by atoms with Gasteiger partial charge in [0.05, 0.1) is 6.04 Å². The van der Waals surface area contributed by atoms with Gasteiger partial charge in [-0.1, -0.05) is 54.1 Å². The van der Waals surface area contributed by atoms with Crippen LogP contribution in [0.4, 0.5) is 0 Å². The van der Waals surface area contributed by atoms with Gasteiger partial charge in [0.15, 0.2) is 0 Å². The number of hydrogen-bond acceptors (Lipinski definition) is 2. The van der Waals surface area contributed by atoms with E-state index in [-0.39, 0.29) is 17.9 Å². The van der Waals surface area contributed by atoms with Crippen LogP contribution < -0.4 is 5.32 Å². The fraction of sp³-hybridized carbons (Fsp3) is 0.458. The van der Waals surface area contributed by atoms with E-state index in [0.29, 0.717) is 0 Å². The molecule has 0 bridgehead atoms. The summed E-state index contributed by atoms with van der Waals surface area (Å²) in [7, 11) is 0. The first kappa shape index (κ1) is 18.2. The number of likely N-dealkylation sites (tertiary alicyclic amines) is 1. The zero-order valence-corrected chi connectivity index (χ0v) is 16.3. The van der Waals surface area contributed by atoms with Gasteiger partial charge in [0.2, 0.25) is 5.91 Å². The van der Waals surface area contributed by atoms with Crippen molar-refractivity contribution in [2.24, 2.45) is 5.92 Å². The minimum Gasteiger partial charge on any atom is -0.349 e. The van der Waals surface area contributed by atoms with Gasteiger partial charge in [0.25, 0.3) is 0 Å². The molecule has 0 radical (unpaired) electrons. The number of amides is 1. The van der Waals surface area contributed by atoms with Crippen molar-refractivity contribution >= 4 is 5.91 Å². The van der Waals surface area contributed by atoms with Crippen LogP contribution in [0, 0.1) is 12.8 Å². The van der Waals surface area contributed by atoms with Crippen molar-refractivity contribution in [2.75, 3.05) is 13.1 Å². The predicted molar refractivity (Wildman–Crippen MR) is 109 cm³/mol. The molecule has 1 heterocycles. The summed E-state index contributed by atoms with van der Waals surface area (Å²) in [6, 6.07) is 17.5. The summed E-state index contributed by atoms with van der Waals surface area (Å²) in [5, 5.41) is 3.36. The van der Waals surface area contributed by atoms with Crippen molar-refractivity contribution in [1.29, 1.82) is 0 Å². The molecule has 1 amide bonds. The lowest BCUT2D eigenvalue weighted by Gasteiger charge is -2.33. The predicted octanol–water partition coefficient (Wildman–Crippen LogP) is 4.40. The van der Waals surface area contributed by atoms with Crippen LogP contribution >= 0.6 is 0 Å². The topological polar surface area (TPSA) is 32.3 Å². The summed E-state index contributed by atoms with van der Waals surface area (Å²) in [5.41, 5.74) is 5.42. The van der Waals surface area contributed by atoms with E-state index in [1.165, 1.54) is 22.3 Å². The molecule has 0 unspecified atom stereocenters. The van der Waals surface area contributed by atoms with Crippen molar-refractivity contribution in [3.8, 4) is 0 Å². The summed E-state index contributed by atoms with van der Waals surface area (Å²) in [4.78, 5) is 15.3. The Kier molecular flexibility index (Phi) is 5.58. The largest absolute Gasteiger partial charge is 0.349 e. The van der Waals surface area contributed by atoms with Crippen LogP contribution in [0.15, 0.2) is 48.5 Å². The second-order valence-electron chi connectivity index (χ2n) is 8.19. The highest BCUT2D eigenvalue weighted by atomic mass is 16.1. The number of rotatable bonds is 4. The van der Waals surface area contributed by atoms with Crippen LogP contribution in [0.3, 0.4) is 0 Å². The molecule has 1 fully saturated rings. The molecule has 2 aliphatic rings. The van der Waals surface area contributed by atoms with Crippen LogP contribution in [0.2, 0.25) is 0 Å². The van der Waals surface area contributed by atoms with E-state index >= 15 is 0 Å². The Morgan fingerprint density at radius 3 is 2.70 bits per heavy atom. The Morgan fingerprint density at radius 2 is 1.89 bits per heavy atom. The minimum atomic E-state index is 0.160. The van der Waals surface area contributed by atoms with E-state index in [1.54, 1.807) is 0 Å². The van der Waals surface area contributed by atoms with Crippen molar-refractivity contribution in [3.05, 3.63) is 70.8 Å². The van der Waals surface area contributed by atoms with Crippen LogP contribution in [-0.2, 0) is 17.8 Å². The Balaban J connectivity index is 1.30. The van der Waals surface area contributed by atoms with Gasteiger partial charge < -0.3 is 5.32 Å². The normalized spacial score (nSPS) is 20.9. The van der Waals surface area contributed by atoms with Crippen LogP contribution in [0.25, 0.3) is 0 Å². The molecule has 1 aliphatic carbocycles. The highest BCUT2D eigenvalue weighted by molar-refractivity contribution is 5.79. The fourth-order valence-corrected chi connectivity index (χ4v) is 4.62. The Hall–Kier alpha value is -2.13. The van der Waals surface area contributed by atoms with Gasteiger partial charge in [-0.25, -0.2) is 0 Å². The third kappa shape index (κ3) is 4.41. The Labute approximate surface area is 162 Å². The molecule has 1 saturated heterocycles. The first-order valence-corrected chi connectivity index (χ1v) is 10.3. The maximum Gasteiger partial charge on any atom is 0.223 e. The molecule has 27 heavy (non-hydrogen) atoms. The van der Waals surface area contributed by atoms with Gasteiger partial charge >= 0.3 is 0 Å². The maximum absolute atomic E-state index is 12.9. The highest BCUT2D eigenvalue weighted by Crippen LogP contribution is 2.30. The standard InChI is InChI=1S/C24H30N2O/c1-18-6-4-7-19(16-18)17-26-14-12-21(13-15-26)24(27)25-23-11-5-9-20-8-2-3-10-22(20)23/h2-4,6-8,10,16,21,23H,5,9,11-15,17H2,1H3,(H,25,27)/t23-/m1/s1. The molecule has 4 rings (SSSR count). The quantitative estimate of drug-likeness (QED) is 0.874. The summed E-state index contributed by atoms with van der Waals surface area (Å²) in [6.45, 7) is 5.15. The van der Waals surface area contributed by atoms with Gasteiger partial charge in [0.1, 0.15) is 0 Å². The van der Waals surface area contributed by atoms with Crippen LogP contribution in [0.1, 0.15) is 54.0 Å².